The maximum atomic E-state index is 13.2. The molecule has 3 heterocycles. The Morgan fingerprint density at radius 2 is 1.85 bits per heavy atom. The molecule has 168 valence electrons. The lowest BCUT2D eigenvalue weighted by Crippen LogP contribution is -2.40. The normalized spacial score (nSPS) is 14.5. The Bertz CT molecular complexity index is 1380. The van der Waals surface area contributed by atoms with Gasteiger partial charge >= 0.3 is 5.69 Å². The number of rotatable bonds is 4. The molecular weight excluding hydrogens is 420 g/mol. The number of carbonyl (C=O) groups excluding carboxylic acids is 2. The number of hydrogen-bond donors (Lipinski definition) is 2. The molecule has 1 aliphatic heterocycles. The number of aromatic amines is 1. The third kappa shape index (κ3) is 3.95. The number of nitrogens with zero attached hydrogens (tertiary/aromatic N) is 2. The highest BCUT2D eigenvalue weighted by molar-refractivity contribution is 6.04. The van der Waals surface area contributed by atoms with Crippen molar-refractivity contribution in [2.45, 2.75) is 25.8 Å². The molecular formula is C25H24N4O4. The second-order valence-electron chi connectivity index (χ2n) is 8.30. The molecule has 0 saturated carbocycles. The number of amides is 2. The summed E-state index contributed by atoms with van der Waals surface area (Å²) in [4.78, 5) is 42.7. The summed E-state index contributed by atoms with van der Waals surface area (Å²) in [6, 6.07) is 16.2. The Balaban J connectivity index is 1.29. The Kier molecular flexibility index (Phi) is 5.34. The van der Waals surface area contributed by atoms with Crippen molar-refractivity contribution in [2.24, 2.45) is 0 Å². The van der Waals surface area contributed by atoms with Gasteiger partial charge in [-0.05, 0) is 61.7 Å². The number of benzene rings is 2. The number of nitrogens with one attached hydrogen (secondary N) is 2. The number of imidazole rings is 1. The van der Waals surface area contributed by atoms with Gasteiger partial charge < -0.3 is 19.6 Å². The van der Waals surface area contributed by atoms with Crippen LogP contribution < -0.4 is 11.0 Å². The number of H-pyrrole nitrogens is 1. The van der Waals surface area contributed by atoms with Crippen molar-refractivity contribution in [3.05, 3.63) is 88.2 Å². The molecule has 1 aliphatic rings. The SMILES string of the molecule is Cc1ccc(C(=O)N2CCC(n3c(=O)[nH]c4ccccc43)CC2)cc1NC(=O)c1ccco1. The molecule has 8 heteroatoms. The van der Waals surface area contributed by atoms with Crippen LogP contribution in [0, 0.1) is 6.92 Å². The van der Waals surface area contributed by atoms with Crippen molar-refractivity contribution in [2.75, 3.05) is 18.4 Å². The molecule has 33 heavy (non-hydrogen) atoms. The monoisotopic (exact) mass is 444 g/mol. The van der Waals surface area contributed by atoms with E-state index >= 15 is 0 Å². The number of carbonyl (C=O) groups is 2. The minimum atomic E-state index is -0.363. The van der Waals surface area contributed by atoms with E-state index in [1.165, 1.54) is 6.26 Å². The number of aromatic nitrogens is 2. The first-order valence-electron chi connectivity index (χ1n) is 11.0. The zero-order chi connectivity index (χ0) is 22.9. The smallest absolute Gasteiger partial charge is 0.326 e. The number of para-hydroxylation sites is 2. The van der Waals surface area contributed by atoms with Crippen LogP contribution in [0.4, 0.5) is 5.69 Å². The number of furan rings is 1. The molecule has 8 nitrogen and oxygen atoms in total. The third-order valence-corrected chi connectivity index (χ3v) is 6.22. The van der Waals surface area contributed by atoms with Crippen LogP contribution in [0.3, 0.4) is 0 Å². The van der Waals surface area contributed by atoms with Gasteiger partial charge in [0.05, 0.1) is 17.3 Å². The number of aryl methyl sites for hydroxylation is 1. The zero-order valence-electron chi connectivity index (χ0n) is 18.2. The molecule has 2 N–H and O–H groups in total. The van der Waals surface area contributed by atoms with E-state index in [0.29, 0.717) is 37.2 Å². The lowest BCUT2D eigenvalue weighted by atomic mass is 10.0. The van der Waals surface area contributed by atoms with Gasteiger partial charge in [0.25, 0.3) is 11.8 Å². The first-order valence-corrected chi connectivity index (χ1v) is 11.0. The van der Waals surface area contributed by atoms with E-state index in [-0.39, 0.29) is 29.3 Å². The van der Waals surface area contributed by atoms with Gasteiger partial charge in [-0.3, -0.25) is 14.2 Å². The van der Waals surface area contributed by atoms with Crippen LogP contribution in [-0.2, 0) is 0 Å². The van der Waals surface area contributed by atoms with Crippen molar-refractivity contribution in [3.63, 3.8) is 0 Å². The maximum Gasteiger partial charge on any atom is 0.326 e. The van der Waals surface area contributed by atoms with Crippen LogP contribution in [0.15, 0.2) is 70.1 Å². The van der Waals surface area contributed by atoms with Crippen LogP contribution in [-0.4, -0.2) is 39.4 Å². The number of anilines is 1. The summed E-state index contributed by atoms with van der Waals surface area (Å²) < 4.78 is 6.95. The fourth-order valence-corrected chi connectivity index (χ4v) is 4.43. The van der Waals surface area contributed by atoms with Crippen LogP contribution in [0.1, 0.15) is 45.4 Å². The van der Waals surface area contributed by atoms with Crippen LogP contribution in [0.25, 0.3) is 11.0 Å². The van der Waals surface area contributed by atoms with E-state index in [0.717, 1.165) is 16.6 Å². The summed E-state index contributed by atoms with van der Waals surface area (Å²) in [6.45, 7) is 2.98. The second-order valence-corrected chi connectivity index (χ2v) is 8.30. The fraction of sp³-hybridized carbons (Fsp3) is 0.240. The minimum absolute atomic E-state index is 0.0406. The summed E-state index contributed by atoms with van der Waals surface area (Å²) in [5.74, 6) is -0.244. The Morgan fingerprint density at radius 3 is 2.61 bits per heavy atom. The minimum Gasteiger partial charge on any atom is -0.459 e. The Morgan fingerprint density at radius 1 is 1.06 bits per heavy atom. The quantitative estimate of drug-likeness (QED) is 0.498. The van der Waals surface area contributed by atoms with Gasteiger partial charge in [-0.15, -0.1) is 0 Å². The maximum absolute atomic E-state index is 13.2. The third-order valence-electron chi connectivity index (χ3n) is 6.22. The average Bonchev–Trinajstić information content (AvgIpc) is 3.48. The first-order chi connectivity index (χ1) is 16.0. The molecule has 2 amide bonds. The van der Waals surface area contributed by atoms with Gasteiger partial charge in [0.15, 0.2) is 5.76 Å². The summed E-state index contributed by atoms with van der Waals surface area (Å²) in [6.07, 6.45) is 2.83. The highest BCUT2D eigenvalue weighted by Gasteiger charge is 2.27. The topological polar surface area (TPSA) is 100 Å². The van der Waals surface area contributed by atoms with Gasteiger partial charge in [-0.25, -0.2) is 4.79 Å². The van der Waals surface area contributed by atoms with Crippen molar-refractivity contribution in [1.29, 1.82) is 0 Å². The Hall–Kier alpha value is -4.07. The summed E-state index contributed by atoms with van der Waals surface area (Å²) in [7, 11) is 0. The highest BCUT2D eigenvalue weighted by Crippen LogP contribution is 2.26. The molecule has 0 spiro atoms. The lowest BCUT2D eigenvalue weighted by molar-refractivity contribution is 0.0694. The average molecular weight is 444 g/mol. The van der Waals surface area contributed by atoms with Crippen molar-refractivity contribution in [1.82, 2.24) is 14.5 Å². The molecule has 0 atom stereocenters. The second kappa shape index (κ2) is 8.46. The van der Waals surface area contributed by atoms with Crippen molar-refractivity contribution >= 4 is 28.5 Å². The van der Waals surface area contributed by atoms with E-state index in [1.807, 2.05) is 41.8 Å². The number of likely N-dealkylation sites (tertiary alicyclic amines) is 1. The number of fused-ring (bicyclic) bond motifs is 1. The molecule has 2 aromatic carbocycles. The molecule has 0 unspecified atom stereocenters. The van der Waals surface area contributed by atoms with Crippen LogP contribution >= 0.6 is 0 Å². The summed E-state index contributed by atoms with van der Waals surface area (Å²) in [5, 5.41) is 2.81. The number of piperidine rings is 1. The van der Waals surface area contributed by atoms with Gasteiger partial charge in [0, 0.05) is 30.4 Å². The van der Waals surface area contributed by atoms with Crippen LogP contribution in [0.2, 0.25) is 0 Å². The van der Waals surface area contributed by atoms with Crippen molar-refractivity contribution < 1.29 is 14.0 Å². The molecule has 4 aromatic rings. The summed E-state index contributed by atoms with van der Waals surface area (Å²) in [5.41, 5.74) is 3.54. The van der Waals surface area contributed by atoms with E-state index in [1.54, 1.807) is 29.2 Å². The van der Waals surface area contributed by atoms with E-state index in [4.69, 9.17) is 4.42 Å². The van der Waals surface area contributed by atoms with Gasteiger partial charge in [-0.1, -0.05) is 18.2 Å². The molecule has 2 aromatic heterocycles. The molecule has 0 bridgehead atoms. The first kappa shape index (κ1) is 20.8. The number of hydrogen-bond acceptors (Lipinski definition) is 4. The molecule has 0 radical (unpaired) electrons. The van der Waals surface area contributed by atoms with E-state index in [2.05, 4.69) is 10.3 Å². The largest absolute Gasteiger partial charge is 0.459 e. The Labute approximate surface area is 189 Å². The standard InChI is InChI=1S/C25H24N4O4/c1-16-8-9-17(15-20(16)26-23(30)22-7-4-14-33-22)24(31)28-12-10-18(11-13-28)29-21-6-3-2-5-19(21)27-25(29)32/h2-9,14-15,18H,10-13H2,1H3,(H,26,30)(H,27,32). The summed E-state index contributed by atoms with van der Waals surface area (Å²) >= 11 is 0. The van der Waals surface area contributed by atoms with E-state index in [9.17, 15) is 14.4 Å². The predicted octanol–water partition coefficient (Wildman–Crippen LogP) is 3.96. The molecule has 0 aliphatic carbocycles. The van der Waals surface area contributed by atoms with Gasteiger partial charge in [-0.2, -0.15) is 0 Å². The molecule has 1 saturated heterocycles. The van der Waals surface area contributed by atoms with Gasteiger partial charge in [0.1, 0.15) is 0 Å². The molecule has 5 rings (SSSR count). The zero-order valence-corrected chi connectivity index (χ0v) is 18.2. The fourth-order valence-electron chi connectivity index (χ4n) is 4.43. The van der Waals surface area contributed by atoms with Gasteiger partial charge in [0.2, 0.25) is 0 Å². The van der Waals surface area contributed by atoms with Crippen LogP contribution in [0.5, 0.6) is 0 Å². The lowest BCUT2D eigenvalue weighted by Gasteiger charge is -2.32. The molecule has 1 fully saturated rings. The van der Waals surface area contributed by atoms with E-state index < -0.39 is 0 Å². The predicted molar refractivity (Wildman–Crippen MR) is 125 cm³/mol. The van der Waals surface area contributed by atoms with Crippen molar-refractivity contribution in [3.8, 4) is 0 Å². The highest BCUT2D eigenvalue weighted by atomic mass is 16.3.